The summed E-state index contributed by atoms with van der Waals surface area (Å²) in [4.78, 5) is 16.9. The van der Waals surface area contributed by atoms with Crippen LogP contribution in [0.4, 0.5) is 14.9 Å². The summed E-state index contributed by atoms with van der Waals surface area (Å²) in [7, 11) is 0. The molecule has 0 radical (unpaired) electrons. The Labute approximate surface area is 146 Å². The topological polar surface area (TPSA) is 44.8 Å². The Balaban J connectivity index is 1.66. The van der Waals surface area contributed by atoms with Crippen LogP contribution < -0.4 is 5.32 Å². The number of para-hydroxylation sites is 1. The lowest BCUT2D eigenvalue weighted by Gasteiger charge is -2.35. The molecule has 132 valence electrons. The summed E-state index contributed by atoms with van der Waals surface area (Å²) in [5, 5.41) is 2.73. The number of amides is 2. The van der Waals surface area contributed by atoms with Crippen LogP contribution >= 0.6 is 11.8 Å². The SMILES string of the molecule is O=C(Nc1ccccc1F)N1CCCSCC1CN1CCOCC1. The number of hydrogen-bond donors (Lipinski definition) is 1. The van der Waals surface area contributed by atoms with E-state index in [2.05, 4.69) is 10.2 Å². The van der Waals surface area contributed by atoms with Crippen LogP contribution in [0.5, 0.6) is 0 Å². The molecule has 3 rings (SSSR count). The Morgan fingerprint density at radius 3 is 2.88 bits per heavy atom. The summed E-state index contributed by atoms with van der Waals surface area (Å²) in [5.74, 6) is 1.57. The Morgan fingerprint density at radius 2 is 2.08 bits per heavy atom. The van der Waals surface area contributed by atoms with Gasteiger partial charge in [0.05, 0.1) is 24.9 Å². The molecule has 2 aliphatic rings. The van der Waals surface area contributed by atoms with Gasteiger partial charge in [-0.3, -0.25) is 4.90 Å². The molecule has 2 saturated heterocycles. The zero-order chi connectivity index (χ0) is 16.8. The number of carbonyl (C=O) groups is 1. The van der Waals surface area contributed by atoms with E-state index in [0.29, 0.717) is 6.54 Å². The van der Waals surface area contributed by atoms with Crippen LogP contribution in [-0.2, 0) is 4.74 Å². The van der Waals surface area contributed by atoms with Gasteiger partial charge in [-0.25, -0.2) is 9.18 Å². The molecule has 1 N–H and O–H groups in total. The minimum atomic E-state index is -0.403. The van der Waals surface area contributed by atoms with Crippen molar-refractivity contribution < 1.29 is 13.9 Å². The molecule has 0 saturated carbocycles. The molecule has 2 amide bonds. The highest BCUT2D eigenvalue weighted by atomic mass is 32.2. The van der Waals surface area contributed by atoms with Gasteiger partial charge in [-0.2, -0.15) is 11.8 Å². The van der Waals surface area contributed by atoms with Gasteiger partial charge in [-0.05, 0) is 24.3 Å². The largest absolute Gasteiger partial charge is 0.379 e. The van der Waals surface area contributed by atoms with Gasteiger partial charge >= 0.3 is 6.03 Å². The summed E-state index contributed by atoms with van der Waals surface area (Å²) in [5.41, 5.74) is 0.240. The highest BCUT2D eigenvalue weighted by Crippen LogP contribution is 2.20. The fourth-order valence-electron chi connectivity index (χ4n) is 3.08. The first-order valence-corrected chi connectivity index (χ1v) is 9.59. The number of thioether (sulfide) groups is 1. The molecule has 1 unspecified atom stereocenters. The van der Waals surface area contributed by atoms with Crippen molar-refractivity contribution in [3.8, 4) is 0 Å². The fraction of sp³-hybridized carbons (Fsp3) is 0.588. The maximum absolute atomic E-state index is 13.8. The van der Waals surface area contributed by atoms with Crippen LogP contribution in [0.3, 0.4) is 0 Å². The number of nitrogens with one attached hydrogen (secondary N) is 1. The van der Waals surface area contributed by atoms with Crippen molar-refractivity contribution in [2.75, 3.05) is 56.2 Å². The van der Waals surface area contributed by atoms with Crippen LogP contribution in [0.25, 0.3) is 0 Å². The minimum Gasteiger partial charge on any atom is -0.379 e. The van der Waals surface area contributed by atoms with Crippen molar-refractivity contribution in [1.29, 1.82) is 0 Å². The molecule has 5 nitrogen and oxygen atoms in total. The van der Waals surface area contributed by atoms with E-state index in [1.165, 1.54) is 6.07 Å². The zero-order valence-corrected chi connectivity index (χ0v) is 14.6. The molecule has 1 aromatic rings. The lowest BCUT2D eigenvalue weighted by Crippen LogP contribution is -2.51. The standard InChI is InChI=1S/C17H24FN3O2S/c18-15-4-1-2-5-16(15)19-17(22)21-6-3-11-24-13-14(21)12-20-7-9-23-10-8-20/h1-2,4-5,14H,3,6-13H2,(H,19,22). The van der Waals surface area contributed by atoms with Crippen LogP contribution in [0.2, 0.25) is 0 Å². The molecular weight excluding hydrogens is 329 g/mol. The molecule has 1 aromatic carbocycles. The van der Waals surface area contributed by atoms with E-state index in [-0.39, 0.29) is 17.8 Å². The first-order valence-electron chi connectivity index (χ1n) is 8.44. The number of nitrogens with zero attached hydrogens (tertiary/aromatic N) is 2. The molecular formula is C17H24FN3O2S. The van der Waals surface area contributed by atoms with Crippen molar-refractivity contribution >= 4 is 23.5 Å². The molecule has 7 heteroatoms. The van der Waals surface area contributed by atoms with E-state index in [1.54, 1.807) is 18.2 Å². The van der Waals surface area contributed by atoms with E-state index in [0.717, 1.165) is 50.8 Å². The number of urea groups is 1. The van der Waals surface area contributed by atoms with Crippen LogP contribution in [0.1, 0.15) is 6.42 Å². The van der Waals surface area contributed by atoms with Crippen molar-refractivity contribution in [3.63, 3.8) is 0 Å². The van der Waals surface area contributed by atoms with Gasteiger partial charge in [0.15, 0.2) is 0 Å². The van der Waals surface area contributed by atoms with Gasteiger partial charge in [0.1, 0.15) is 5.82 Å². The van der Waals surface area contributed by atoms with E-state index < -0.39 is 5.82 Å². The second kappa shape index (κ2) is 8.69. The van der Waals surface area contributed by atoms with Crippen LogP contribution in [-0.4, -0.2) is 72.8 Å². The van der Waals surface area contributed by atoms with Crippen molar-refractivity contribution in [2.24, 2.45) is 0 Å². The summed E-state index contributed by atoms with van der Waals surface area (Å²) in [6.07, 6.45) is 0.967. The Kier molecular flexibility index (Phi) is 6.34. The molecule has 0 aliphatic carbocycles. The van der Waals surface area contributed by atoms with Gasteiger partial charge in [-0.15, -0.1) is 0 Å². The molecule has 0 spiro atoms. The number of ether oxygens (including phenoxy) is 1. The van der Waals surface area contributed by atoms with Crippen molar-refractivity contribution in [3.05, 3.63) is 30.1 Å². The summed E-state index contributed by atoms with van der Waals surface area (Å²) < 4.78 is 19.2. The third-order valence-electron chi connectivity index (χ3n) is 4.39. The number of hydrogen-bond acceptors (Lipinski definition) is 4. The number of benzene rings is 1. The number of anilines is 1. The molecule has 2 fully saturated rings. The predicted molar refractivity (Wildman–Crippen MR) is 95.1 cm³/mol. The number of halogens is 1. The monoisotopic (exact) mass is 353 g/mol. The maximum Gasteiger partial charge on any atom is 0.322 e. The lowest BCUT2D eigenvalue weighted by atomic mass is 10.2. The van der Waals surface area contributed by atoms with Gasteiger partial charge < -0.3 is 15.0 Å². The quantitative estimate of drug-likeness (QED) is 0.907. The number of carbonyl (C=O) groups excluding carboxylic acids is 1. The van der Waals surface area contributed by atoms with Gasteiger partial charge in [-0.1, -0.05) is 12.1 Å². The summed E-state index contributed by atoms with van der Waals surface area (Å²) in [6.45, 7) is 4.87. The number of morpholine rings is 1. The molecule has 1 atom stereocenters. The molecule has 24 heavy (non-hydrogen) atoms. The Morgan fingerprint density at radius 1 is 1.29 bits per heavy atom. The normalized spacial score (nSPS) is 22.9. The highest BCUT2D eigenvalue weighted by Gasteiger charge is 2.28. The Bertz CT molecular complexity index is 554. The first kappa shape index (κ1) is 17.5. The molecule has 2 heterocycles. The molecule has 0 aromatic heterocycles. The Hall–Kier alpha value is -1.31. The smallest absolute Gasteiger partial charge is 0.322 e. The zero-order valence-electron chi connectivity index (χ0n) is 13.7. The number of rotatable bonds is 3. The van der Waals surface area contributed by atoms with E-state index >= 15 is 0 Å². The average molecular weight is 353 g/mol. The van der Waals surface area contributed by atoms with Crippen molar-refractivity contribution in [1.82, 2.24) is 9.80 Å². The first-order chi connectivity index (χ1) is 11.7. The highest BCUT2D eigenvalue weighted by molar-refractivity contribution is 7.99. The van der Waals surface area contributed by atoms with Crippen LogP contribution in [0, 0.1) is 5.82 Å². The average Bonchev–Trinajstić information content (AvgIpc) is 2.83. The van der Waals surface area contributed by atoms with E-state index in [1.807, 2.05) is 16.7 Å². The minimum absolute atomic E-state index is 0.141. The molecule has 2 aliphatic heterocycles. The van der Waals surface area contributed by atoms with Gasteiger partial charge in [0, 0.05) is 31.9 Å². The fourth-order valence-corrected chi connectivity index (χ4v) is 4.14. The summed E-state index contributed by atoms with van der Waals surface area (Å²) >= 11 is 1.89. The van der Waals surface area contributed by atoms with Gasteiger partial charge in [0.2, 0.25) is 0 Å². The second-order valence-electron chi connectivity index (χ2n) is 6.10. The predicted octanol–water partition coefficient (Wildman–Crippen LogP) is 2.50. The second-order valence-corrected chi connectivity index (χ2v) is 7.25. The van der Waals surface area contributed by atoms with Gasteiger partial charge in [0.25, 0.3) is 0 Å². The molecule has 0 bridgehead atoms. The van der Waals surface area contributed by atoms with Crippen LogP contribution in [0.15, 0.2) is 24.3 Å². The lowest BCUT2D eigenvalue weighted by molar-refractivity contribution is 0.0288. The van der Waals surface area contributed by atoms with E-state index in [4.69, 9.17) is 4.74 Å². The maximum atomic E-state index is 13.8. The third-order valence-corrected chi connectivity index (χ3v) is 5.59. The van der Waals surface area contributed by atoms with E-state index in [9.17, 15) is 9.18 Å². The third kappa shape index (κ3) is 4.62. The summed E-state index contributed by atoms with van der Waals surface area (Å²) in [6, 6.07) is 6.23. The van der Waals surface area contributed by atoms with Crippen molar-refractivity contribution in [2.45, 2.75) is 12.5 Å².